The molecule has 0 spiro atoms. The lowest BCUT2D eigenvalue weighted by Crippen LogP contribution is -2.40. The molecule has 2 atom stereocenters. The zero-order chi connectivity index (χ0) is 19.7. The van der Waals surface area contributed by atoms with Crippen LogP contribution in [-0.2, 0) is 15.8 Å². The Bertz CT molecular complexity index is 687. The molecule has 0 radical (unpaired) electrons. The summed E-state index contributed by atoms with van der Waals surface area (Å²) in [4.78, 5) is 25.7. The number of carboxylic acids is 1. The first-order valence-corrected chi connectivity index (χ1v) is 8.65. The van der Waals surface area contributed by atoms with Crippen molar-refractivity contribution in [3.05, 3.63) is 35.4 Å². The number of nitrogens with zero attached hydrogens (tertiary/aromatic N) is 1. The van der Waals surface area contributed by atoms with Gasteiger partial charge in [-0.3, -0.25) is 9.59 Å². The van der Waals surface area contributed by atoms with Gasteiger partial charge in [-0.25, -0.2) is 0 Å². The summed E-state index contributed by atoms with van der Waals surface area (Å²) < 4.78 is 38.5. The van der Waals surface area contributed by atoms with Crippen LogP contribution in [0.1, 0.15) is 50.7 Å². The zero-order valence-corrected chi connectivity index (χ0v) is 15.1. The number of aliphatic carboxylic acids is 1. The molecule has 1 fully saturated rings. The highest BCUT2D eigenvalue weighted by molar-refractivity contribution is 5.81. The number of benzene rings is 1. The van der Waals surface area contributed by atoms with Crippen molar-refractivity contribution in [2.75, 3.05) is 13.1 Å². The van der Waals surface area contributed by atoms with Gasteiger partial charge in [-0.2, -0.15) is 13.2 Å². The molecule has 2 rings (SSSR count). The number of carboxylic acid groups (broad SMARTS) is 1. The van der Waals surface area contributed by atoms with Crippen molar-refractivity contribution in [2.24, 2.45) is 11.3 Å². The van der Waals surface area contributed by atoms with E-state index in [9.17, 15) is 27.9 Å². The first-order valence-electron chi connectivity index (χ1n) is 8.65. The van der Waals surface area contributed by atoms with Gasteiger partial charge < -0.3 is 10.0 Å². The highest BCUT2D eigenvalue weighted by Crippen LogP contribution is 2.39. The van der Waals surface area contributed by atoms with Crippen LogP contribution in [0.15, 0.2) is 24.3 Å². The third kappa shape index (κ3) is 4.02. The summed E-state index contributed by atoms with van der Waals surface area (Å²) in [6.07, 6.45) is -3.98. The van der Waals surface area contributed by atoms with Crippen LogP contribution in [0, 0.1) is 11.3 Å². The van der Waals surface area contributed by atoms with E-state index in [-0.39, 0.29) is 30.7 Å². The molecule has 1 aliphatic heterocycles. The van der Waals surface area contributed by atoms with Gasteiger partial charge in [0.05, 0.1) is 11.0 Å². The fourth-order valence-corrected chi connectivity index (χ4v) is 3.47. The van der Waals surface area contributed by atoms with Crippen LogP contribution in [0.5, 0.6) is 0 Å². The van der Waals surface area contributed by atoms with Crippen molar-refractivity contribution in [2.45, 2.75) is 45.7 Å². The standard InChI is InChI=1S/C19H24F3NO3/c1-12(2)18(17(25)26)7-8-23(11-18)16(24)9-13(3)14-5-4-6-15(10-14)19(20,21)22/h4-6,10,12-13H,7-9,11H2,1-3H3,(H,25,26). The van der Waals surface area contributed by atoms with E-state index in [0.29, 0.717) is 18.5 Å². The molecule has 7 heteroatoms. The fourth-order valence-electron chi connectivity index (χ4n) is 3.47. The van der Waals surface area contributed by atoms with Gasteiger partial charge >= 0.3 is 12.1 Å². The Balaban J connectivity index is 2.08. The number of carbonyl (C=O) groups is 2. The van der Waals surface area contributed by atoms with E-state index in [1.165, 1.54) is 11.0 Å². The Hall–Kier alpha value is -2.05. The number of alkyl halides is 3. The molecular weight excluding hydrogens is 347 g/mol. The second kappa shape index (κ2) is 7.29. The van der Waals surface area contributed by atoms with Gasteiger partial charge in [-0.1, -0.05) is 39.0 Å². The molecule has 0 bridgehead atoms. The SMILES string of the molecule is CC(CC(=O)N1CCC(C(=O)O)(C(C)C)C1)c1cccc(C(F)(F)F)c1. The van der Waals surface area contributed by atoms with Crippen molar-refractivity contribution in [1.82, 2.24) is 4.90 Å². The van der Waals surface area contributed by atoms with Crippen molar-refractivity contribution >= 4 is 11.9 Å². The Morgan fingerprint density at radius 3 is 2.42 bits per heavy atom. The van der Waals surface area contributed by atoms with E-state index in [2.05, 4.69) is 0 Å². The van der Waals surface area contributed by atoms with Crippen LogP contribution in [-0.4, -0.2) is 35.0 Å². The number of likely N-dealkylation sites (tertiary alicyclic amines) is 1. The molecule has 1 amide bonds. The Morgan fingerprint density at radius 1 is 1.27 bits per heavy atom. The molecule has 1 saturated heterocycles. The Labute approximate surface area is 151 Å². The molecule has 2 unspecified atom stereocenters. The van der Waals surface area contributed by atoms with E-state index in [1.807, 2.05) is 13.8 Å². The predicted molar refractivity (Wildman–Crippen MR) is 90.6 cm³/mol. The van der Waals surface area contributed by atoms with Gasteiger partial charge in [0.15, 0.2) is 0 Å². The highest BCUT2D eigenvalue weighted by atomic mass is 19.4. The van der Waals surface area contributed by atoms with E-state index in [4.69, 9.17) is 0 Å². The molecule has 1 heterocycles. The lowest BCUT2D eigenvalue weighted by molar-refractivity contribution is -0.151. The smallest absolute Gasteiger partial charge is 0.416 e. The van der Waals surface area contributed by atoms with Gasteiger partial charge in [0, 0.05) is 19.5 Å². The van der Waals surface area contributed by atoms with Crippen LogP contribution in [0.4, 0.5) is 13.2 Å². The summed E-state index contributed by atoms with van der Waals surface area (Å²) in [5.41, 5.74) is -1.24. The second-order valence-corrected chi connectivity index (χ2v) is 7.41. The van der Waals surface area contributed by atoms with Crippen molar-refractivity contribution in [1.29, 1.82) is 0 Å². The van der Waals surface area contributed by atoms with Gasteiger partial charge in [0.2, 0.25) is 5.91 Å². The average molecular weight is 371 g/mol. The minimum Gasteiger partial charge on any atom is -0.481 e. The van der Waals surface area contributed by atoms with Gasteiger partial charge in [-0.15, -0.1) is 0 Å². The molecule has 0 aliphatic carbocycles. The molecule has 4 nitrogen and oxygen atoms in total. The summed E-state index contributed by atoms with van der Waals surface area (Å²) in [5, 5.41) is 9.56. The molecule has 1 aromatic carbocycles. The normalized spacial score (nSPS) is 21.9. The molecule has 0 aromatic heterocycles. The van der Waals surface area contributed by atoms with Gasteiger partial charge in [-0.05, 0) is 29.9 Å². The lowest BCUT2D eigenvalue weighted by atomic mass is 9.76. The number of carbonyl (C=O) groups excluding carboxylic acids is 1. The third-order valence-electron chi connectivity index (χ3n) is 5.45. The van der Waals surface area contributed by atoms with E-state index in [1.54, 1.807) is 13.0 Å². The van der Waals surface area contributed by atoms with Crippen LogP contribution in [0.3, 0.4) is 0 Å². The predicted octanol–water partition coefficient (Wildman–Crippen LogP) is 4.16. The number of amides is 1. The number of hydrogen-bond donors (Lipinski definition) is 1. The quantitative estimate of drug-likeness (QED) is 0.846. The van der Waals surface area contributed by atoms with Crippen LogP contribution in [0.25, 0.3) is 0 Å². The van der Waals surface area contributed by atoms with Gasteiger partial charge in [0.1, 0.15) is 0 Å². The summed E-state index contributed by atoms with van der Waals surface area (Å²) in [5.74, 6) is -1.63. The molecule has 1 aromatic rings. The topological polar surface area (TPSA) is 57.6 Å². The van der Waals surface area contributed by atoms with E-state index in [0.717, 1.165) is 12.1 Å². The number of rotatable bonds is 5. The van der Waals surface area contributed by atoms with Gasteiger partial charge in [0.25, 0.3) is 0 Å². The van der Waals surface area contributed by atoms with E-state index >= 15 is 0 Å². The van der Waals surface area contributed by atoms with Crippen LogP contribution >= 0.6 is 0 Å². The monoisotopic (exact) mass is 371 g/mol. The minimum absolute atomic E-state index is 0.0507. The summed E-state index contributed by atoms with van der Waals surface area (Å²) in [7, 11) is 0. The van der Waals surface area contributed by atoms with Crippen molar-refractivity contribution < 1.29 is 27.9 Å². The fraction of sp³-hybridized carbons (Fsp3) is 0.579. The molecular formula is C19H24F3NO3. The zero-order valence-electron chi connectivity index (χ0n) is 15.1. The van der Waals surface area contributed by atoms with Crippen molar-refractivity contribution in [3.63, 3.8) is 0 Å². The maximum absolute atomic E-state index is 12.8. The Kier molecular flexibility index (Phi) is 5.68. The largest absolute Gasteiger partial charge is 0.481 e. The maximum atomic E-state index is 12.8. The molecule has 144 valence electrons. The molecule has 26 heavy (non-hydrogen) atoms. The van der Waals surface area contributed by atoms with Crippen LogP contribution in [0.2, 0.25) is 0 Å². The second-order valence-electron chi connectivity index (χ2n) is 7.41. The van der Waals surface area contributed by atoms with Crippen molar-refractivity contribution in [3.8, 4) is 0 Å². The van der Waals surface area contributed by atoms with E-state index < -0.39 is 23.1 Å². The number of hydrogen-bond acceptors (Lipinski definition) is 2. The summed E-state index contributed by atoms with van der Waals surface area (Å²) in [6, 6.07) is 4.98. The lowest BCUT2D eigenvalue weighted by Gasteiger charge is -2.29. The number of halogens is 3. The molecule has 1 aliphatic rings. The molecule has 0 saturated carbocycles. The summed E-state index contributed by atoms with van der Waals surface area (Å²) in [6.45, 7) is 5.86. The maximum Gasteiger partial charge on any atom is 0.416 e. The minimum atomic E-state index is -4.42. The first kappa shape index (κ1) is 20.3. The highest BCUT2D eigenvalue weighted by Gasteiger charge is 2.48. The first-order chi connectivity index (χ1) is 12.0. The average Bonchev–Trinajstić information content (AvgIpc) is 3.01. The molecule has 1 N–H and O–H groups in total. The third-order valence-corrected chi connectivity index (χ3v) is 5.45. The Morgan fingerprint density at radius 2 is 1.92 bits per heavy atom. The summed E-state index contributed by atoms with van der Waals surface area (Å²) >= 11 is 0. The van der Waals surface area contributed by atoms with Crippen LogP contribution < -0.4 is 0 Å².